The molecule has 2 unspecified atom stereocenters. The summed E-state index contributed by atoms with van der Waals surface area (Å²) in [5, 5.41) is 25.2. The molecule has 8 aromatic rings. The highest BCUT2D eigenvalue weighted by Gasteiger charge is 2.35. The molecule has 338 valence electrons. The van der Waals surface area contributed by atoms with Crippen LogP contribution in [-0.2, 0) is 9.13 Å². The number of anilines is 2. The number of para-hydroxylation sites is 4. The van der Waals surface area contributed by atoms with E-state index < -0.39 is 14.7 Å². The van der Waals surface area contributed by atoms with E-state index in [9.17, 15) is 9.13 Å². The molecule has 0 saturated carbocycles. The van der Waals surface area contributed by atoms with Gasteiger partial charge in [-0.05, 0) is 73.5 Å². The molecule has 2 aliphatic heterocycles. The minimum Gasteiger partial charge on any atom is -0.508 e. The van der Waals surface area contributed by atoms with Gasteiger partial charge in [0.05, 0.1) is 10.6 Å². The molecular weight excluding hydrogens is 865 g/mol. The van der Waals surface area contributed by atoms with Crippen molar-refractivity contribution in [3.8, 4) is 56.6 Å². The molecule has 0 aliphatic carbocycles. The maximum Gasteiger partial charge on any atom is 0.277 e. The highest BCUT2D eigenvalue weighted by atomic mass is 31.2. The van der Waals surface area contributed by atoms with Crippen LogP contribution in [0.15, 0.2) is 188 Å². The lowest BCUT2D eigenvalue weighted by Gasteiger charge is -2.27. The van der Waals surface area contributed by atoms with Crippen LogP contribution in [-0.4, -0.2) is 50.6 Å². The number of nitrogens with zero attached hydrogens (tertiary/aromatic N) is 3. The van der Waals surface area contributed by atoms with E-state index in [1.54, 1.807) is 48.5 Å². The Labute approximate surface area is 387 Å². The van der Waals surface area contributed by atoms with E-state index in [4.69, 9.17) is 19.3 Å². The number of phenols is 2. The van der Waals surface area contributed by atoms with Crippen molar-refractivity contribution >= 4 is 37.2 Å². The average Bonchev–Trinajstić information content (AvgIpc) is 3.36. The Morgan fingerprint density at radius 2 is 0.758 bits per heavy atom. The van der Waals surface area contributed by atoms with Gasteiger partial charge in [-0.15, -0.1) is 0 Å². The normalized spacial score (nSPS) is 15.5. The largest absolute Gasteiger partial charge is 0.508 e. The van der Waals surface area contributed by atoms with Crippen LogP contribution >= 0.6 is 14.7 Å². The van der Waals surface area contributed by atoms with E-state index in [-0.39, 0.29) is 0 Å². The molecule has 2 aliphatic rings. The van der Waals surface area contributed by atoms with Gasteiger partial charge in [0, 0.05) is 42.1 Å². The molecule has 66 heavy (non-hydrogen) atoms. The number of benzene rings is 7. The first-order valence-electron chi connectivity index (χ1n) is 21.8. The van der Waals surface area contributed by atoms with Crippen molar-refractivity contribution in [2.45, 2.75) is 27.7 Å². The third-order valence-electron chi connectivity index (χ3n) is 10.1. The van der Waals surface area contributed by atoms with Crippen molar-refractivity contribution in [2.24, 2.45) is 0 Å². The molecule has 0 radical (unpaired) electrons. The number of phenolic OH excluding ortho intramolecular Hbond substituents is 2. The molecule has 1 aromatic heterocycles. The van der Waals surface area contributed by atoms with E-state index in [2.05, 4.69) is 25.6 Å². The maximum absolute atomic E-state index is 12.8. The van der Waals surface area contributed by atoms with E-state index in [0.717, 1.165) is 63.0 Å². The van der Waals surface area contributed by atoms with Crippen molar-refractivity contribution in [1.82, 2.24) is 15.0 Å². The standard InChI is InChI=1S/2C14H13O2P.C13H17N5.2C6H6O/c2*1-2-17(15)14-10-6-4-8-12(14)11-7-3-5-9-13(11)16-17;1-3-14-12-16-11(10-8-6-5-7-9-10)17-13(18-12)15-4-2;2*7-6-4-2-1-3-5-6/h2*3-10H,2H2,1H3;5-9H,3-4H2,1-2H3,(H2,14,15,16,17,18);2*1-5,7H. The van der Waals surface area contributed by atoms with Crippen molar-refractivity contribution in [2.75, 3.05) is 36.0 Å². The molecule has 0 bridgehead atoms. The van der Waals surface area contributed by atoms with Gasteiger partial charge in [0.25, 0.3) is 14.7 Å². The predicted octanol–water partition coefficient (Wildman–Crippen LogP) is 12.5. The van der Waals surface area contributed by atoms with Crippen LogP contribution in [0.25, 0.3) is 33.6 Å². The second-order valence-electron chi connectivity index (χ2n) is 14.6. The number of hydrogen-bond donors (Lipinski definition) is 4. The third kappa shape index (κ3) is 12.5. The summed E-state index contributed by atoms with van der Waals surface area (Å²) in [6.45, 7) is 9.41. The number of nitrogens with one attached hydrogen (secondary N) is 2. The van der Waals surface area contributed by atoms with Crippen LogP contribution in [0, 0.1) is 0 Å². The number of aromatic nitrogens is 3. The van der Waals surface area contributed by atoms with Gasteiger partial charge in [-0.3, -0.25) is 9.13 Å². The number of aromatic hydroxyl groups is 2. The first kappa shape index (κ1) is 48.3. The van der Waals surface area contributed by atoms with Crippen molar-refractivity contribution < 1.29 is 28.4 Å². The second-order valence-corrected chi connectivity index (χ2v) is 19.9. The molecule has 3 heterocycles. The zero-order chi connectivity index (χ0) is 46.8. The van der Waals surface area contributed by atoms with Gasteiger partial charge in [0.15, 0.2) is 5.82 Å². The van der Waals surface area contributed by atoms with Crippen LogP contribution in [0.5, 0.6) is 23.0 Å². The lowest BCUT2D eigenvalue weighted by molar-refractivity contribution is 0.475. The Bertz CT molecular complexity index is 2700. The number of rotatable bonds is 7. The van der Waals surface area contributed by atoms with E-state index in [1.165, 1.54) is 0 Å². The first-order valence-corrected chi connectivity index (χ1v) is 25.5. The quantitative estimate of drug-likeness (QED) is 0.113. The maximum atomic E-state index is 12.8. The van der Waals surface area contributed by atoms with Gasteiger partial charge in [-0.2, -0.15) is 15.0 Å². The highest BCUT2D eigenvalue weighted by Crippen LogP contribution is 2.55. The number of fused-ring (bicyclic) bond motifs is 6. The Hall–Kier alpha value is -7.19. The van der Waals surface area contributed by atoms with Gasteiger partial charge in [0.1, 0.15) is 23.0 Å². The Morgan fingerprint density at radius 3 is 1.11 bits per heavy atom. The average molecular weight is 920 g/mol. The Balaban J connectivity index is 0.000000143. The first-order chi connectivity index (χ1) is 32.1. The molecule has 0 spiro atoms. The molecule has 0 fully saturated rings. The van der Waals surface area contributed by atoms with Crippen LogP contribution in [0.4, 0.5) is 11.9 Å². The summed E-state index contributed by atoms with van der Waals surface area (Å²) in [6, 6.07) is 58.5. The van der Waals surface area contributed by atoms with Gasteiger partial charge in [0.2, 0.25) is 11.9 Å². The second kappa shape index (κ2) is 23.7. The monoisotopic (exact) mass is 919 g/mol. The lowest BCUT2D eigenvalue weighted by atomic mass is 10.0. The minimum absolute atomic E-state index is 0.322. The molecule has 13 heteroatoms. The summed E-state index contributed by atoms with van der Waals surface area (Å²) in [5.41, 5.74) is 5.13. The van der Waals surface area contributed by atoms with Crippen molar-refractivity contribution in [1.29, 1.82) is 0 Å². The minimum atomic E-state index is -2.72. The fourth-order valence-corrected chi connectivity index (χ4v) is 10.7. The predicted molar refractivity (Wildman–Crippen MR) is 270 cm³/mol. The molecule has 0 amide bonds. The molecular formula is C53H55N5O6P2. The Morgan fingerprint density at radius 1 is 0.424 bits per heavy atom. The highest BCUT2D eigenvalue weighted by molar-refractivity contribution is 7.68. The van der Waals surface area contributed by atoms with Gasteiger partial charge >= 0.3 is 0 Å². The van der Waals surface area contributed by atoms with Crippen LogP contribution < -0.4 is 30.3 Å². The molecule has 11 nitrogen and oxygen atoms in total. The van der Waals surface area contributed by atoms with E-state index in [0.29, 0.717) is 41.5 Å². The van der Waals surface area contributed by atoms with E-state index in [1.807, 2.05) is 167 Å². The molecule has 4 N–H and O–H groups in total. The lowest BCUT2D eigenvalue weighted by Crippen LogP contribution is -2.18. The van der Waals surface area contributed by atoms with E-state index >= 15 is 0 Å². The zero-order valence-electron chi connectivity index (χ0n) is 37.5. The van der Waals surface area contributed by atoms with Gasteiger partial charge < -0.3 is 29.9 Å². The summed E-state index contributed by atoms with van der Waals surface area (Å²) >= 11 is 0. The SMILES string of the molecule is CCNc1nc(NCC)nc(-c2ccccc2)n1.CCP1(=O)Oc2ccccc2-c2ccccc21.CCP1(=O)Oc2ccccc2-c2ccccc21.Oc1ccccc1.Oc1ccccc1. The summed E-state index contributed by atoms with van der Waals surface area (Å²) in [4.78, 5) is 13.1. The summed E-state index contributed by atoms with van der Waals surface area (Å²) in [5.74, 6) is 3.99. The molecule has 7 aromatic carbocycles. The summed E-state index contributed by atoms with van der Waals surface area (Å²) in [6.07, 6.45) is 1.05. The summed E-state index contributed by atoms with van der Waals surface area (Å²) < 4.78 is 37.0. The van der Waals surface area contributed by atoms with Gasteiger partial charge in [-0.25, -0.2) is 0 Å². The molecule has 2 atom stereocenters. The fraction of sp³-hybridized carbons (Fsp3) is 0.151. The van der Waals surface area contributed by atoms with Crippen molar-refractivity contribution in [3.63, 3.8) is 0 Å². The van der Waals surface area contributed by atoms with Gasteiger partial charge in [-0.1, -0.05) is 153 Å². The summed E-state index contributed by atoms with van der Waals surface area (Å²) in [7, 11) is -5.43. The molecule has 10 rings (SSSR count). The smallest absolute Gasteiger partial charge is 0.277 e. The van der Waals surface area contributed by atoms with Crippen LogP contribution in [0.1, 0.15) is 27.7 Å². The Kier molecular flexibility index (Phi) is 17.3. The third-order valence-corrected chi connectivity index (χ3v) is 15.0. The fourth-order valence-electron chi connectivity index (χ4n) is 6.84. The van der Waals surface area contributed by atoms with Crippen LogP contribution in [0.3, 0.4) is 0 Å². The molecule has 0 saturated heterocycles. The number of hydrogen-bond acceptors (Lipinski definition) is 11. The van der Waals surface area contributed by atoms with Crippen LogP contribution in [0.2, 0.25) is 0 Å². The topological polar surface area (TPSA) is 156 Å². The zero-order valence-corrected chi connectivity index (χ0v) is 39.3. The van der Waals surface area contributed by atoms with Crippen molar-refractivity contribution in [3.05, 3.63) is 188 Å².